The van der Waals surface area contributed by atoms with Crippen molar-refractivity contribution in [3.05, 3.63) is 48.0 Å². The standard InChI is InChI=1S/C13H10F3NO3S/c14-13(15,16)12(17-20-8-21(18)19)11-6-5-9-3-1-2-4-10(9)7-11/h1-7H,8H2,(H,18,19)/p-1. The molecule has 0 amide bonds. The van der Waals surface area contributed by atoms with E-state index in [-0.39, 0.29) is 5.56 Å². The molecule has 0 aliphatic heterocycles. The van der Waals surface area contributed by atoms with Gasteiger partial charge in [0.2, 0.25) is 0 Å². The molecule has 0 saturated carbocycles. The molecular weight excluding hydrogens is 307 g/mol. The van der Waals surface area contributed by atoms with Gasteiger partial charge in [0.15, 0.2) is 11.7 Å². The molecule has 0 aliphatic rings. The molecule has 8 heteroatoms. The van der Waals surface area contributed by atoms with Gasteiger partial charge in [-0.05, 0) is 27.9 Å². The highest BCUT2D eigenvalue weighted by Gasteiger charge is 2.38. The Labute approximate surface area is 120 Å². The third-order valence-corrected chi connectivity index (χ3v) is 2.89. The van der Waals surface area contributed by atoms with Crippen LogP contribution in [-0.4, -0.2) is 26.6 Å². The smallest absolute Gasteiger partial charge is 0.437 e. The summed E-state index contributed by atoms with van der Waals surface area (Å²) in [6.07, 6.45) is -4.76. The predicted molar refractivity (Wildman–Crippen MR) is 71.4 cm³/mol. The first-order valence-corrected chi connectivity index (χ1v) is 6.94. The first-order chi connectivity index (χ1) is 9.88. The molecule has 112 valence electrons. The van der Waals surface area contributed by atoms with Crippen molar-refractivity contribution >= 4 is 27.6 Å². The molecule has 0 bridgehead atoms. The fraction of sp³-hybridized carbons (Fsp3) is 0.154. The fourth-order valence-electron chi connectivity index (χ4n) is 1.74. The van der Waals surface area contributed by atoms with Crippen LogP contribution in [0.3, 0.4) is 0 Å². The van der Waals surface area contributed by atoms with Gasteiger partial charge in [0.05, 0.1) is 0 Å². The maximum absolute atomic E-state index is 13.0. The van der Waals surface area contributed by atoms with Crippen LogP contribution in [0.4, 0.5) is 13.2 Å². The highest BCUT2D eigenvalue weighted by molar-refractivity contribution is 7.78. The summed E-state index contributed by atoms with van der Waals surface area (Å²) in [5, 5.41) is 4.30. The normalized spacial score (nSPS) is 14.2. The maximum atomic E-state index is 13.0. The van der Waals surface area contributed by atoms with Crippen molar-refractivity contribution in [2.75, 3.05) is 5.94 Å². The first-order valence-electron chi connectivity index (χ1n) is 5.70. The van der Waals surface area contributed by atoms with E-state index < -0.39 is 28.9 Å². The molecule has 0 spiro atoms. The average Bonchev–Trinajstić information content (AvgIpc) is 2.41. The molecule has 0 saturated heterocycles. The van der Waals surface area contributed by atoms with Crippen LogP contribution in [0.25, 0.3) is 10.8 Å². The molecule has 0 radical (unpaired) electrons. The lowest BCUT2D eigenvalue weighted by molar-refractivity contribution is -0.0610. The van der Waals surface area contributed by atoms with Crippen molar-refractivity contribution in [1.29, 1.82) is 0 Å². The molecule has 1 atom stereocenters. The minimum atomic E-state index is -4.76. The van der Waals surface area contributed by atoms with E-state index in [1.165, 1.54) is 18.2 Å². The van der Waals surface area contributed by atoms with E-state index in [9.17, 15) is 21.9 Å². The van der Waals surface area contributed by atoms with Crippen molar-refractivity contribution in [3.8, 4) is 0 Å². The number of alkyl halides is 3. The summed E-state index contributed by atoms with van der Waals surface area (Å²) in [6.45, 7) is 0. The van der Waals surface area contributed by atoms with Crippen molar-refractivity contribution < 1.29 is 26.8 Å². The van der Waals surface area contributed by atoms with Gasteiger partial charge in [-0.15, -0.1) is 0 Å². The van der Waals surface area contributed by atoms with Crippen LogP contribution >= 0.6 is 0 Å². The Morgan fingerprint density at radius 2 is 1.86 bits per heavy atom. The molecule has 1 unspecified atom stereocenters. The number of halogens is 3. The van der Waals surface area contributed by atoms with Crippen molar-refractivity contribution in [3.63, 3.8) is 0 Å². The van der Waals surface area contributed by atoms with Gasteiger partial charge in [0, 0.05) is 5.56 Å². The Balaban J connectivity index is 2.41. The van der Waals surface area contributed by atoms with E-state index in [0.717, 1.165) is 5.39 Å². The van der Waals surface area contributed by atoms with Crippen LogP contribution in [0.1, 0.15) is 5.56 Å². The van der Waals surface area contributed by atoms with E-state index in [4.69, 9.17) is 0 Å². The number of hydrogen-bond acceptors (Lipinski definition) is 4. The Hall–Kier alpha value is -1.93. The molecule has 21 heavy (non-hydrogen) atoms. The van der Waals surface area contributed by atoms with E-state index in [0.29, 0.717) is 5.39 Å². The van der Waals surface area contributed by atoms with E-state index >= 15 is 0 Å². The van der Waals surface area contributed by atoms with Gasteiger partial charge in [-0.1, -0.05) is 41.6 Å². The molecule has 2 rings (SSSR count). The highest BCUT2D eigenvalue weighted by Crippen LogP contribution is 2.25. The van der Waals surface area contributed by atoms with Gasteiger partial charge >= 0.3 is 6.18 Å². The summed E-state index contributed by atoms with van der Waals surface area (Å²) < 4.78 is 59.4. The van der Waals surface area contributed by atoms with Crippen molar-refractivity contribution in [1.82, 2.24) is 0 Å². The lowest BCUT2D eigenvalue weighted by atomic mass is 10.0. The number of rotatable bonds is 4. The Morgan fingerprint density at radius 3 is 2.48 bits per heavy atom. The van der Waals surface area contributed by atoms with Gasteiger partial charge in [0.25, 0.3) is 0 Å². The lowest BCUT2D eigenvalue weighted by Gasteiger charge is -2.11. The minimum absolute atomic E-state index is 0.196. The van der Waals surface area contributed by atoms with E-state index in [1.54, 1.807) is 24.3 Å². The molecule has 0 N–H and O–H groups in total. The molecule has 2 aromatic carbocycles. The largest absolute Gasteiger partial charge is 0.770 e. The zero-order valence-corrected chi connectivity index (χ0v) is 11.3. The summed E-state index contributed by atoms with van der Waals surface area (Å²) in [4.78, 5) is 4.21. The number of nitrogens with zero attached hydrogens (tertiary/aromatic N) is 1. The first kappa shape index (κ1) is 15.5. The third kappa shape index (κ3) is 4.02. The lowest BCUT2D eigenvalue weighted by Crippen LogP contribution is -2.24. The van der Waals surface area contributed by atoms with Gasteiger partial charge in [-0.2, -0.15) is 13.2 Å². The molecule has 4 nitrogen and oxygen atoms in total. The van der Waals surface area contributed by atoms with E-state index in [1.807, 2.05) is 0 Å². The van der Waals surface area contributed by atoms with Crippen molar-refractivity contribution in [2.24, 2.45) is 5.16 Å². The van der Waals surface area contributed by atoms with Crippen LogP contribution in [0, 0.1) is 0 Å². The van der Waals surface area contributed by atoms with Crippen LogP contribution in [0.5, 0.6) is 0 Å². The van der Waals surface area contributed by atoms with Crippen LogP contribution in [0.2, 0.25) is 0 Å². The molecule has 2 aromatic rings. The second-order valence-electron chi connectivity index (χ2n) is 4.05. The molecule has 0 fully saturated rings. The SMILES string of the molecule is O=S([O-])CON=C(c1ccc2ccccc2c1)C(F)(F)F. The Bertz CT molecular complexity index is 700. The van der Waals surface area contributed by atoms with Crippen LogP contribution in [0.15, 0.2) is 47.6 Å². The monoisotopic (exact) mass is 316 g/mol. The van der Waals surface area contributed by atoms with Gasteiger partial charge < -0.3 is 9.39 Å². The number of fused-ring (bicyclic) bond motifs is 1. The van der Waals surface area contributed by atoms with E-state index in [2.05, 4.69) is 9.99 Å². The van der Waals surface area contributed by atoms with Gasteiger partial charge in [-0.25, -0.2) is 0 Å². The molecule has 0 aromatic heterocycles. The predicted octanol–water partition coefficient (Wildman–Crippen LogP) is 2.96. The minimum Gasteiger partial charge on any atom is -0.770 e. The summed E-state index contributed by atoms with van der Waals surface area (Å²) >= 11 is -2.63. The number of benzene rings is 2. The second-order valence-corrected chi connectivity index (χ2v) is 4.89. The third-order valence-electron chi connectivity index (χ3n) is 2.60. The quantitative estimate of drug-likeness (QED) is 0.495. The Kier molecular flexibility index (Phi) is 4.59. The molecule has 0 aliphatic carbocycles. The maximum Gasteiger partial charge on any atom is 0.437 e. The number of hydrogen-bond donors (Lipinski definition) is 0. The second kappa shape index (κ2) is 6.23. The summed E-state index contributed by atoms with van der Waals surface area (Å²) in [5.41, 5.74) is -1.48. The molecule has 0 heterocycles. The number of oxime groups is 1. The zero-order chi connectivity index (χ0) is 15.5. The molecular formula is C13H9F3NO3S-. The summed E-state index contributed by atoms with van der Waals surface area (Å²) in [7, 11) is 0. The highest BCUT2D eigenvalue weighted by atomic mass is 32.2. The topological polar surface area (TPSA) is 61.7 Å². The Morgan fingerprint density at radius 1 is 1.19 bits per heavy atom. The zero-order valence-electron chi connectivity index (χ0n) is 10.5. The van der Waals surface area contributed by atoms with Crippen LogP contribution < -0.4 is 0 Å². The summed E-state index contributed by atoms with van der Waals surface area (Å²) in [5.74, 6) is -0.937. The van der Waals surface area contributed by atoms with Crippen LogP contribution in [-0.2, 0) is 15.9 Å². The van der Waals surface area contributed by atoms with Gasteiger partial charge in [-0.3, -0.25) is 4.21 Å². The average molecular weight is 316 g/mol. The summed E-state index contributed by atoms with van der Waals surface area (Å²) in [6, 6.07) is 11.0. The van der Waals surface area contributed by atoms with Crippen molar-refractivity contribution in [2.45, 2.75) is 6.18 Å². The fourth-order valence-corrected chi connectivity index (χ4v) is 1.88. The van der Waals surface area contributed by atoms with Gasteiger partial charge in [0.1, 0.15) is 0 Å².